The van der Waals surface area contributed by atoms with E-state index >= 15 is 0 Å². The molecule has 0 aromatic carbocycles. The van der Waals surface area contributed by atoms with Gasteiger partial charge in [-0.25, -0.2) is 4.98 Å². The van der Waals surface area contributed by atoms with Crippen LogP contribution in [0.5, 0.6) is 0 Å². The molecule has 0 bridgehead atoms. The molecular formula is C13H24N4O. The molecule has 1 N–H and O–H groups in total. The zero-order valence-corrected chi connectivity index (χ0v) is 11.6. The Hall–Kier alpha value is -0.940. The van der Waals surface area contributed by atoms with Gasteiger partial charge in [0.05, 0.1) is 12.2 Å². The lowest BCUT2D eigenvalue weighted by atomic mass is 10.0. The van der Waals surface area contributed by atoms with Crippen molar-refractivity contribution in [2.75, 3.05) is 7.05 Å². The molecule has 5 nitrogen and oxygen atoms in total. The van der Waals surface area contributed by atoms with E-state index in [1.807, 2.05) is 11.7 Å². The number of nitrogens with one attached hydrogen (secondary N) is 1. The van der Waals surface area contributed by atoms with E-state index in [9.17, 15) is 0 Å². The first-order valence-corrected chi connectivity index (χ1v) is 6.94. The molecule has 1 aliphatic heterocycles. The summed E-state index contributed by atoms with van der Waals surface area (Å²) in [6.07, 6.45) is 6.59. The monoisotopic (exact) mass is 252 g/mol. The molecule has 0 saturated carbocycles. The van der Waals surface area contributed by atoms with Crippen molar-refractivity contribution in [2.45, 2.75) is 64.3 Å². The average molecular weight is 252 g/mol. The Morgan fingerprint density at radius 1 is 1.56 bits per heavy atom. The minimum atomic E-state index is 0.303. The minimum absolute atomic E-state index is 0.303. The van der Waals surface area contributed by atoms with E-state index in [2.05, 4.69) is 29.2 Å². The zero-order chi connectivity index (χ0) is 13.0. The van der Waals surface area contributed by atoms with E-state index in [4.69, 9.17) is 4.74 Å². The first-order valence-electron chi connectivity index (χ1n) is 6.94. The van der Waals surface area contributed by atoms with Gasteiger partial charge in [0.25, 0.3) is 0 Å². The average Bonchev–Trinajstić information content (AvgIpc) is 2.96. The second-order valence-electron chi connectivity index (χ2n) is 5.06. The van der Waals surface area contributed by atoms with Gasteiger partial charge >= 0.3 is 0 Å². The maximum atomic E-state index is 5.94. The minimum Gasteiger partial charge on any atom is -0.374 e. The predicted octanol–water partition coefficient (Wildman–Crippen LogP) is 1.39. The van der Waals surface area contributed by atoms with Gasteiger partial charge in [0.2, 0.25) is 0 Å². The van der Waals surface area contributed by atoms with E-state index in [0.29, 0.717) is 18.2 Å². The van der Waals surface area contributed by atoms with Crippen LogP contribution in [0.2, 0.25) is 0 Å². The van der Waals surface area contributed by atoms with Crippen molar-refractivity contribution in [3.05, 3.63) is 12.2 Å². The summed E-state index contributed by atoms with van der Waals surface area (Å²) in [5, 5.41) is 7.64. The topological polar surface area (TPSA) is 52.0 Å². The fourth-order valence-corrected chi connectivity index (χ4v) is 2.59. The van der Waals surface area contributed by atoms with Crippen LogP contribution in [0.25, 0.3) is 0 Å². The Balaban J connectivity index is 1.99. The zero-order valence-electron chi connectivity index (χ0n) is 11.6. The van der Waals surface area contributed by atoms with Crippen molar-refractivity contribution in [3.63, 3.8) is 0 Å². The molecule has 0 spiro atoms. The van der Waals surface area contributed by atoms with Crippen molar-refractivity contribution >= 4 is 0 Å². The molecule has 0 amide bonds. The van der Waals surface area contributed by atoms with E-state index in [0.717, 1.165) is 38.1 Å². The maximum absolute atomic E-state index is 5.94. The van der Waals surface area contributed by atoms with Gasteiger partial charge in [-0.05, 0) is 33.2 Å². The highest BCUT2D eigenvalue weighted by atomic mass is 16.5. The van der Waals surface area contributed by atoms with Crippen LogP contribution in [0.1, 0.15) is 38.9 Å². The molecular weight excluding hydrogens is 228 g/mol. The normalized spacial score (nSPS) is 25.5. The summed E-state index contributed by atoms with van der Waals surface area (Å²) < 4.78 is 7.95. The number of rotatable bonds is 6. The van der Waals surface area contributed by atoms with Crippen LogP contribution in [0.15, 0.2) is 6.33 Å². The summed E-state index contributed by atoms with van der Waals surface area (Å²) in [4.78, 5) is 4.37. The number of nitrogens with zero attached hydrogens (tertiary/aromatic N) is 3. The summed E-state index contributed by atoms with van der Waals surface area (Å²) >= 11 is 0. The van der Waals surface area contributed by atoms with Crippen molar-refractivity contribution in [1.29, 1.82) is 0 Å². The molecule has 3 unspecified atom stereocenters. The molecule has 0 radical (unpaired) electrons. The Labute approximate surface area is 109 Å². The molecule has 1 saturated heterocycles. The number of hydrogen-bond acceptors (Lipinski definition) is 4. The second-order valence-corrected chi connectivity index (χ2v) is 5.06. The van der Waals surface area contributed by atoms with Gasteiger partial charge in [-0.15, -0.1) is 0 Å². The molecule has 0 aliphatic carbocycles. The SMILES string of the molecule is CCCn1ncnc1CC(NC)C1CCC(C)O1. The number of hydrogen-bond donors (Lipinski definition) is 1. The maximum Gasteiger partial charge on any atom is 0.138 e. The smallest absolute Gasteiger partial charge is 0.138 e. The fraction of sp³-hybridized carbons (Fsp3) is 0.846. The van der Waals surface area contributed by atoms with E-state index in [-0.39, 0.29) is 0 Å². The molecule has 18 heavy (non-hydrogen) atoms. The molecule has 2 rings (SSSR count). The first kappa shape index (κ1) is 13.5. The number of ether oxygens (including phenoxy) is 1. The van der Waals surface area contributed by atoms with Crippen molar-refractivity contribution in [1.82, 2.24) is 20.1 Å². The summed E-state index contributed by atoms with van der Waals surface area (Å²) in [5.41, 5.74) is 0. The lowest BCUT2D eigenvalue weighted by Gasteiger charge is -2.22. The van der Waals surface area contributed by atoms with Gasteiger partial charge in [-0.1, -0.05) is 6.92 Å². The van der Waals surface area contributed by atoms with Crippen molar-refractivity contribution in [3.8, 4) is 0 Å². The van der Waals surface area contributed by atoms with Gasteiger partial charge < -0.3 is 10.1 Å². The largest absolute Gasteiger partial charge is 0.374 e. The second kappa shape index (κ2) is 6.29. The highest BCUT2D eigenvalue weighted by molar-refractivity contribution is 4.94. The Morgan fingerprint density at radius 2 is 2.39 bits per heavy atom. The first-order chi connectivity index (χ1) is 8.74. The molecule has 3 atom stereocenters. The Bertz CT molecular complexity index is 366. The van der Waals surface area contributed by atoms with Gasteiger partial charge in [-0.2, -0.15) is 5.10 Å². The quantitative estimate of drug-likeness (QED) is 0.831. The number of aromatic nitrogens is 3. The summed E-state index contributed by atoms with van der Waals surface area (Å²) in [6, 6.07) is 0.328. The van der Waals surface area contributed by atoms with Gasteiger partial charge in [0.15, 0.2) is 0 Å². The van der Waals surface area contributed by atoms with E-state index in [1.165, 1.54) is 0 Å². The third-order valence-electron chi connectivity index (χ3n) is 3.62. The molecule has 1 aliphatic rings. The standard InChI is InChI=1S/C13H24N4O/c1-4-7-17-13(15-9-16-17)8-11(14-3)12-6-5-10(2)18-12/h9-12,14H,4-8H2,1-3H3. The number of likely N-dealkylation sites (N-methyl/N-ethyl adjacent to an activating group) is 1. The van der Waals surface area contributed by atoms with E-state index < -0.39 is 0 Å². The third kappa shape index (κ3) is 3.09. The van der Waals surface area contributed by atoms with Crippen LogP contribution in [0.3, 0.4) is 0 Å². The van der Waals surface area contributed by atoms with Crippen LogP contribution < -0.4 is 5.32 Å². The Kier molecular flexibility index (Phi) is 4.72. The van der Waals surface area contributed by atoms with Gasteiger partial charge in [-0.3, -0.25) is 4.68 Å². The fourth-order valence-electron chi connectivity index (χ4n) is 2.59. The molecule has 1 aromatic heterocycles. The third-order valence-corrected chi connectivity index (χ3v) is 3.62. The lowest BCUT2D eigenvalue weighted by molar-refractivity contribution is 0.0331. The molecule has 5 heteroatoms. The van der Waals surface area contributed by atoms with E-state index in [1.54, 1.807) is 6.33 Å². The predicted molar refractivity (Wildman–Crippen MR) is 70.4 cm³/mol. The van der Waals surface area contributed by atoms with Crippen LogP contribution >= 0.6 is 0 Å². The number of aryl methyl sites for hydroxylation is 1. The van der Waals surface area contributed by atoms with Crippen LogP contribution in [-0.4, -0.2) is 40.1 Å². The van der Waals surface area contributed by atoms with Crippen LogP contribution in [0.4, 0.5) is 0 Å². The van der Waals surface area contributed by atoms with Crippen molar-refractivity contribution in [2.24, 2.45) is 0 Å². The highest BCUT2D eigenvalue weighted by Gasteiger charge is 2.29. The Morgan fingerprint density at radius 3 is 3.00 bits per heavy atom. The molecule has 102 valence electrons. The van der Waals surface area contributed by atoms with Crippen LogP contribution in [-0.2, 0) is 17.7 Å². The van der Waals surface area contributed by atoms with Crippen LogP contribution in [0, 0.1) is 0 Å². The molecule has 2 heterocycles. The molecule has 1 aromatic rings. The highest BCUT2D eigenvalue weighted by Crippen LogP contribution is 2.23. The lowest BCUT2D eigenvalue weighted by Crippen LogP contribution is -2.40. The summed E-state index contributed by atoms with van der Waals surface area (Å²) in [7, 11) is 2.00. The van der Waals surface area contributed by atoms with Gasteiger partial charge in [0, 0.05) is 19.0 Å². The summed E-state index contributed by atoms with van der Waals surface area (Å²) in [6.45, 7) is 5.24. The van der Waals surface area contributed by atoms with Crippen molar-refractivity contribution < 1.29 is 4.74 Å². The summed E-state index contributed by atoms with van der Waals surface area (Å²) in [5.74, 6) is 1.05. The van der Waals surface area contributed by atoms with Gasteiger partial charge in [0.1, 0.15) is 12.2 Å². The molecule has 1 fully saturated rings.